The molecule has 0 saturated heterocycles. The number of nitrogens with one attached hydrogen (secondary N) is 2. The smallest absolute Gasteiger partial charge is 0.414 e. The van der Waals surface area contributed by atoms with Crippen LogP contribution in [0.2, 0.25) is 0 Å². The second-order valence-electron chi connectivity index (χ2n) is 5.63. The Morgan fingerprint density at radius 3 is 2.48 bits per heavy atom. The Hall–Kier alpha value is -2.08. The summed E-state index contributed by atoms with van der Waals surface area (Å²) >= 11 is 0. The summed E-state index contributed by atoms with van der Waals surface area (Å²) in [5.41, 5.74) is 0.183. The maximum absolute atomic E-state index is 11.8. The third-order valence-electron chi connectivity index (χ3n) is 2.27. The highest BCUT2D eigenvalue weighted by Crippen LogP contribution is 2.08. The number of nitrogens with zero attached hydrogens (tertiary/aromatic N) is 1. The number of benzene rings is 1. The number of aliphatic hydroxyl groups is 1. The zero-order valence-electron chi connectivity index (χ0n) is 12.9. The number of amides is 1. The number of guanidine groups is 1. The van der Waals surface area contributed by atoms with Crippen LogP contribution in [0.25, 0.3) is 0 Å². The minimum absolute atomic E-state index is 0.115. The number of anilines is 1. The number of carbonyl (C=O) groups excluding carboxylic acids is 1. The Morgan fingerprint density at radius 2 is 1.95 bits per heavy atom. The van der Waals surface area contributed by atoms with E-state index < -0.39 is 11.7 Å². The average Bonchev–Trinajstić information content (AvgIpc) is 2.37. The molecule has 0 fully saturated rings. The Morgan fingerprint density at radius 1 is 1.33 bits per heavy atom. The fourth-order valence-electron chi connectivity index (χ4n) is 1.42. The minimum Gasteiger partial charge on any atom is -0.444 e. The molecule has 0 heterocycles. The van der Waals surface area contributed by atoms with Gasteiger partial charge in [-0.25, -0.2) is 9.79 Å². The number of carbonyl (C=O) groups is 1. The van der Waals surface area contributed by atoms with E-state index in [0.29, 0.717) is 0 Å². The highest BCUT2D eigenvalue weighted by atomic mass is 16.6. The van der Waals surface area contributed by atoms with Crippen LogP contribution in [0.3, 0.4) is 0 Å². The van der Waals surface area contributed by atoms with Crippen LogP contribution in [0.5, 0.6) is 0 Å². The topological polar surface area (TPSA) is 83.0 Å². The normalized spacial score (nSPS) is 13.5. The largest absolute Gasteiger partial charge is 0.444 e. The molecule has 1 rings (SSSR count). The zero-order chi connectivity index (χ0) is 15.9. The number of rotatable bonds is 3. The molecule has 6 heteroatoms. The minimum atomic E-state index is -0.602. The van der Waals surface area contributed by atoms with Crippen LogP contribution >= 0.6 is 0 Å². The van der Waals surface area contributed by atoms with Gasteiger partial charge < -0.3 is 15.2 Å². The van der Waals surface area contributed by atoms with Gasteiger partial charge >= 0.3 is 6.09 Å². The first-order valence-electron chi connectivity index (χ1n) is 6.81. The Labute approximate surface area is 125 Å². The Balaban J connectivity index is 2.78. The van der Waals surface area contributed by atoms with Crippen molar-refractivity contribution in [1.82, 2.24) is 5.32 Å². The van der Waals surface area contributed by atoms with Crippen molar-refractivity contribution < 1.29 is 14.6 Å². The lowest BCUT2D eigenvalue weighted by molar-refractivity contribution is 0.0562. The summed E-state index contributed by atoms with van der Waals surface area (Å²) in [6, 6.07) is 8.96. The molecule has 0 aliphatic rings. The van der Waals surface area contributed by atoms with E-state index in [1.807, 2.05) is 30.3 Å². The molecule has 0 aliphatic carbocycles. The Kier molecular flexibility index (Phi) is 6.17. The van der Waals surface area contributed by atoms with Crippen molar-refractivity contribution in [3.63, 3.8) is 0 Å². The van der Waals surface area contributed by atoms with E-state index in [1.54, 1.807) is 27.7 Å². The summed E-state index contributed by atoms with van der Waals surface area (Å²) in [5, 5.41) is 14.6. The molecule has 1 aromatic carbocycles. The molecule has 0 spiro atoms. The molecule has 1 aromatic rings. The SMILES string of the molecule is C[C@@H](CO)N=C(NC(=O)OC(C)(C)C)Nc1ccccc1. The molecule has 0 aliphatic heterocycles. The molecule has 3 N–H and O–H groups in total. The third kappa shape index (κ3) is 7.31. The average molecular weight is 293 g/mol. The van der Waals surface area contributed by atoms with Crippen LogP contribution < -0.4 is 10.6 Å². The van der Waals surface area contributed by atoms with Crippen molar-refractivity contribution >= 4 is 17.7 Å². The van der Waals surface area contributed by atoms with E-state index in [2.05, 4.69) is 15.6 Å². The summed E-state index contributed by atoms with van der Waals surface area (Å²) in [5.74, 6) is 0.233. The number of hydrogen-bond acceptors (Lipinski definition) is 4. The van der Waals surface area contributed by atoms with E-state index in [0.717, 1.165) is 5.69 Å². The highest BCUT2D eigenvalue weighted by Gasteiger charge is 2.17. The van der Waals surface area contributed by atoms with E-state index >= 15 is 0 Å². The summed E-state index contributed by atoms with van der Waals surface area (Å²) in [6.07, 6.45) is -0.602. The maximum Gasteiger partial charge on any atom is 0.414 e. The summed E-state index contributed by atoms with van der Waals surface area (Å²) in [4.78, 5) is 16.0. The van der Waals surface area contributed by atoms with E-state index in [9.17, 15) is 4.79 Å². The molecule has 1 amide bonds. The lowest BCUT2D eigenvalue weighted by Crippen LogP contribution is -2.40. The van der Waals surface area contributed by atoms with Crippen LogP contribution in [0.1, 0.15) is 27.7 Å². The van der Waals surface area contributed by atoms with Gasteiger partial charge in [-0.1, -0.05) is 18.2 Å². The van der Waals surface area contributed by atoms with E-state index in [1.165, 1.54) is 0 Å². The van der Waals surface area contributed by atoms with Gasteiger partial charge in [-0.2, -0.15) is 0 Å². The molecule has 0 radical (unpaired) electrons. The molecule has 0 bridgehead atoms. The molecule has 116 valence electrons. The van der Waals surface area contributed by atoms with Crippen LogP contribution in [0.15, 0.2) is 35.3 Å². The van der Waals surface area contributed by atoms with Gasteiger partial charge in [-0.05, 0) is 39.8 Å². The molecule has 0 unspecified atom stereocenters. The number of para-hydroxylation sites is 1. The second-order valence-corrected chi connectivity index (χ2v) is 5.63. The predicted octanol–water partition coefficient (Wildman–Crippen LogP) is 2.36. The molecule has 0 saturated carbocycles. The molecule has 21 heavy (non-hydrogen) atoms. The molecule has 1 atom stereocenters. The quantitative estimate of drug-likeness (QED) is 0.590. The molecular weight excluding hydrogens is 270 g/mol. The first-order valence-corrected chi connectivity index (χ1v) is 6.81. The van der Waals surface area contributed by atoms with Gasteiger partial charge in [0.15, 0.2) is 0 Å². The highest BCUT2D eigenvalue weighted by molar-refractivity contribution is 6.02. The van der Waals surface area contributed by atoms with Crippen molar-refractivity contribution in [2.24, 2.45) is 4.99 Å². The van der Waals surface area contributed by atoms with Gasteiger partial charge in [-0.15, -0.1) is 0 Å². The molecule has 0 aromatic heterocycles. The van der Waals surface area contributed by atoms with E-state index in [4.69, 9.17) is 9.84 Å². The summed E-state index contributed by atoms with van der Waals surface area (Å²) < 4.78 is 5.19. The first kappa shape index (κ1) is 17.0. The summed E-state index contributed by atoms with van der Waals surface area (Å²) in [7, 11) is 0. The van der Waals surface area contributed by atoms with Gasteiger partial charge in [0.1, 0.15) is 5.60 Å². The number of hydrogen-bond donors (Lipinski definition) is 3. The monoisotopic (exact) mass is 293 g/mol. The second kappa shape index (κ2) is 7.64. The fourth-order valence-corrected chi connectivity index (χ4v) is 1.42. The van der Waals surface area contributed by atoms with Crippen molar-refractivity contribution in [3.8, 4) is 0 Å². The van der Waals surface area contributed by atoms with Gasteiger partial charge in [0.25, 0.3) is 0 Å². The third-order valence-corrected chi connectivity index (χ3v) is 2.27. The molecule has 6 nitrogen and oxygen atoms in total. The van der Waals surface area contributed by atoms with Gasteiger partial charge in [0.05, 0.1) is 12.6 Å². The van der Waals surface area contributed by atoms with Crippen molar-refractivity contribution in [1.29, 1.82) is 0 Å². The van der Waals surface area contributed by atoms with Crippen molar-refractivity contribution in [2.45, 2.75) is 39.3 Å². The Bertz CT molecular complexity index is 481. The lowest BCUT2D eigenvalue weighted by atomic mass is 10.2. The van der Waals surface area contributed by atoms with Gasteiger partial charge in [0, 0.05) is 5.69 Å². The van der Waals surface area contributed by atoms with Crippen LogP contribution in [-0.2, 0) is 4.74 Å². The first-order chi connectivity index (χ1) is 9.80. The van der Waals surface area contributed by atoms with Gasteiger partial charge in [-0.3, -0.25) is 5.32 Å². The zero-order valence-corrected chi connectivity index (χ0v) is 12.9. The molecular formula is C15H23N3O3. The standard InChI is InChI=1S/C15H23N3O3/c1-11(10-19)16-13(17-12-8-6-5-7-9-12)18-14(20)21-15(2,3)4/h5-9,11,19H,10H2,1-4H3,(H2,16,17,18,20)/t11-/m0/s1. The predicted molar refractivity (Wildman–Crippen MR) is 83.4 cm³/mol. The number of aliphatic imine (C=N–C) groups is 1. The van der Waals surface area contributed by atoms with Gasteiger partial charge in [0.2, 0.25) is 5.96 Å². The number of aliphatic hydroxyl groups excluding tert-OH is 1. The fraction of sp³-hybridized carbons (Fsp3) is 0.467. The maximum atomic E-state index is 11.8. The van der Waals surface area contributed by atoms with E-state index in [-0.39, 0.29) is 18.6 Å². The lowest BCUT2D eigenvalue weighted by Gasteiger charge is -2.20. The van der Waals surface area contributed by atoms with Crippen LogP contribution in [-0.4, -0.2) is 35.4 Å². The number of ether oxygens (including phenoxy) is 1. The summed E-state index contributed by atoms with van der Waals surface area (Å²) in [6.45, 7) is 6.97. The van der Waals surface area contributed by atoms with Crippen molar-refractivity contribution in [2.75, 3.05) is 11.9 Å². The van der Waals surface area contributed by atoms with Crippen LogP contribution in [0, 0.1) is 0 Å². The number of alkyl carbamates (subject to hydrolysis) is 1. The van der Waals surface area contributed by atoms with Crippen LogP contribution in [0.4, 0.5) is 10.5 Å². The van der Waals surface area contributed by atoms with Crippen molar-refractivity contribution in [3.05, 3.63) is 30.3 Å².